The summed E-state index contributed by atoms with van der Waals surface area (Å²) in [6.07, 6.45) is 38.0. The van der Waals surface area contributed by atoms with E-state index in [1.165, 1.54) is 89.9 Å². The van der Waals surface area contributed by atoms with Crippen molar-refractivity contribution in [1.82, 2.24) is 5.32 Å². The van der Waals surface area contributed by atoms with Gasteiger partial charge in [0.15, 0.2) is 6.29 Å². The standard InChI is InChI=1S/C51H93NO10/c1-3-5-7-9-11-13-14-15-19-23-27-31-35-39-47(56)60-40-36-32-28-24-20-17-16-18-22-26-30-34-38-46(55)52-43(44(54)37-33-29-25-21-12-10-8-6-4-2)42-61-51-50(59)49(58)48(57)45(41-53)62-51/h13-14,17,20,33,37,43-45,48-51,53-54,57-59H,3-12,15-16,18-19,21-32,34-36,38-42H2,1-2H3,(H,52,55)/b14-13-,20-17-,37-33+. The molecular weight excluding hydrogens is 787 g/mol. The van der Waals surface area contributed by atoms with Crippen LogP contribution in [0.5, 0.6) is 0 Å². The van der Waals surface area contributed by atoms with Gasteiger partial charge in [-0.3, -0.25) is 9.59 Å². The summed E-state index contributed by atoms with van der Waals surface area (Å²) in [5.41, 5.74) is 0. The zero-order valence-corrected chi connectivity index (χ0v) is 39.3. The molecule has 0 aromatic heterocycles. The van der Waals surface area contributed by atoms with Crippen LogP contribution in [-0.4, -0.2) is 100 Å². The fourth-order valence-corrected chi connectivity index (χ4v) is 7.60. The van der Waals surface area contributed by atoms with Crippen molar-refractivity contribution in [2.24, 2.45) is 0 Å². The number of unbranched alkanes of at least 4 members (excludes halogenated alkanes) is 24. The van der Waals surface area contributed by atoms with E-state index < -0.39 is 49.5 Å². The van der Waals surface area contributed by atoms with Crippen molar-refractivity contribution in [3.63, 3.8) is 0 Å². The van der Waals surface area contributed by atoms with Crippen LogP contribution in [-0.2, 0) is 23.8 Å². The molecule has 11 nitrogen and oxygen atoms in total. The van der Waals surface area contributed by atoms with Gasteiger partial charge in [0, 0.05) is 12.8 Å². The third-order valence-electron chi connectivity index (χ3n) is 11.7. The van der Waals surface area contributed by atoms with Crippen LogP contribution in [0.25, 0.3) is 0 Å². The molecule has 6 N–H and O–H groups in total. The molecule has 362 valence electrons. The summed E-state index contributed by atoms with van der Waals surface area (Å²) in [5, 5.41) is 54.0. The summed E-state index contributed by atoms with van der Waals surface area (Å²) in [4.78, 5) is 25.0. The minimum Gasteiger partial charge on any atom is -0.466 e. The number of carbonyl (C=O) groups excluding carboxylic acids is 2. The molecule has 1 heterocycles. The summed E-state index contributed by atoms with van der Waals surface area (Å²) >= 11 is 0. The number of allylic oxidation sites excluding steroid dienone is 5. The van der Waals surface area contributed by atoms with Crippen LogP contribution in [0.3, 0.4) is 0 Å². The maximum atomic E-state index is 12.9. The second-order valence-electron chi connectivity index (χ2n) is 17.5. The Kier molecular flexibility index (Phi) is 38.8. The number of hydrogen-bond acceptors (Lipinski definition) is 10. The third kappa shape index (κ3) is 31.7. The summed E-state index contributed by atoms with van der Waals surface area (Å²) in [6.45, 7) is 4.19. The van der Waals surface area contributed by atoms with Crippen LogP contribution in [0.1, 0.15) is 213 Å². The normalized spacial score (nSPS) is 20.4. The SMILES string of the molecule is CCCCCC/C=C\CCCCCCCC(=O)OCCCCC/C=C\CCCCCCCC(=O)NC(COC1OC(CO)C(O)C(O)C1O)C(O)/C=C/CCCCCCCCC. The summed E-state index contributed by atoms with van der Waals surface area (Å²) < 4.78 is 16.6. The zero-order valence-electron chi connectivity index (χ0n) is 39.3. The minimum absolute atomic E-state index is 0.0572. The molecule has 1 aliphatic rings. The lowest BCUT2D eigenvalue weighted by atomic mass is 9.99. The Morgan fingerprint density at radius 3 is 1.56 bits per heavy atom. The fraction of sp³-hybridized carbons (Fsp3) is 0.843. The van der Waals surface area contributed by atoms with Gasteiger partial charge in [-0.25, -0.2) is 0 Å². The molecule has 7 atom stereocenters. The average Bonchev–Trinajstić information content (AvgIpc) is 3.27. The Hall–Kier alpha value is -2.12. The monoisotopic (exact) mass is 880 g/mol. The van der Waals surface area contributed by atoms with Crippen LogP contribution < -0.4 is 5.32 Å². The lowest BCUT2D eigenvalue weighted by molar-refractivity contribution is -0.302. The largest absolute Gasteiger partial charge is 0.466 e. The molecule has 1 fully saturated rings. The smallest absolute Gasteiger partial charge is 0.305 e. The summed E-state index contributed by atoms with van der Waals surface area (Å²) in [7, 11) is 0. The molecule has 0 spiro atoms. The van der Waals surface area contributed by atoms with E-state index in [0.29, 0.717) is 19.4 Å². The lowest BCUT2D eigenvalue weighted by Crippen LogP contribution is -2.60. The van der Waals surface area contributed by atoms with E-state index in [1.807, 2.05) is 6.08 Å². The summed E-state index contributed by atoms with van der Waals surface area (Å²) in [5.74, 6) is -0.269. The highest BCUT2D eigenvalue weighted by atomic mass is 16.7. The van der Waals surface area contributed by atoms with E-state index >= 15 is 0 Å². The minimum atomic E-state index is -1.58. The van der Waals surface area contributed by atoms with Crippen molar-refractivity contribution in [2.45, 2.75) is 256 Å². The highest BCUT2D eigenvalue weighted by Gasteiger charge is 2.44. The first kappa shape index (κ1) is 57.9. The molecule has 0 saturated carbocycles. The van der Waals surface area contributed by atoms with E-state index in [4.69, 9.17) is 14.2 Å². The molecule has 1 aliphatic heterocycles. The van der Waals surface area contributed by atoms with Gasteiger partial charge in [-0.15, -0.1) is 0 Å². The van der Waals surface area contributed by atoms with Crippen molar-refractivity contribution >= 4 is 11.9 Å². The molecule has 1 amide bonds. The van der Waals surface area contributed by atoms with Gasteiger partial charge in [0.2, 0.25) is 5.91 Å². The van der Waals surface area contributed by atoms with Gasteiger partial charge >= 0.3 is 5.97 Å². The van der Waals surface area contributed by atoms with Gasteiger partial charge in [0.05, 0.1) is 32.0 Å². The molecular formula is C51H93NO10. The Morgan fingerprint density at radius 2 is 1.03 bits per heavy atom. The highest BCUT2D eigenvalue weighted by Crippen LogP contribution is 2.22. The van der Waals surface area contributed by atoms with Gasteiger partial charge in [-0.1, -0.05) is 147 Å². The lowest BCUT2D eigenvalue weighted by Gasteiger charge is -2.40. The number of aliphatic hydroxyl groups is 5. The predicted molar refractivity (Wildman–Crippen MR) is 251 cm³/mol. The number of aliphatic hydroxyl groups excluding tert-OH is 5. The molecule has 0 aromatic carbocycles. The maximum absolute atomic E-state index is 12.9. The number of ether oxygens (including phenoxy) is 3. The molecule has 62 heavy (non-hydrogen) atoms. The van der Waals surface area contributed by atoms with E-state index in [-0.39, 0.29) is 18.5 Å². The van der Waals surface area contributed by atoms with Gasteiger partial charge in [0.1, 0.15) is 24.4 Å². The number of hydrogen-bond donors (Lipinski definition) is 6. The third-order valence-corrected chi connectivity index (χ3v) is 11.7. The van der Waals surface area contributed by atoms with Crippen molar-refractivity contribution in [3.8, 4) is 0 Å². The second-order valence-corrected chi connectivity index (χ2v) is 17.5. The molecule has 0 aromatic rings. The second kappa shape index (κ2) is 41.6. The molecule has 11 heteroatoms. The number of esters is 1. The molecule has 7 unspecified atom stereocenters. The van der Waals surface area contributed by atoms with E-state index in [9.17, 15) is 35.1 Å². The Labute approximate surface area is 377 Å². The molecule has 1 rings (SSSR count). The van der Waals surface area contributed by atoms with Crippen molar-refractivity contribution in [1.29, 1.82) is 0 Å². The first-order chi connectivity index (χ1) is 30.2. The zero-order chi connectivity index (χ0) is 45.3. The predicted octanol–water partition coefficient (Wildman–Crippen LogP) is 9.99. The van der Waals surface area contributed by atoms with Crippen LogP contribution in [0.4, 0.5) is 0 Å². The number of carbonyl (C=O) groups is 2. The van der Waals surface area contributed by atoms with Gasteiger partial charge in [-0.05, 0) is 89.9 Å². The topological polar surface area (TPSA) is 175 Å². The average molecular weight is 880 g/mol. The molecule has 0 bridgehead atoms. The Bertz CT molecular complexity index is 1130. The Balaban J connectivity index is 2.17. The number of rotatable bonds is 42. The van der Waals surface area contributed by atoms with Crippen LogP contribution in [0, 0.1) is 0 Å². The van der Waals surface area contributed by atoms with Crippen LogP contribution >= 0.6 is 0 Å². The molecule has 0 radical (unpaired) electrons. The summed E-state index contributed by atoms with van der Waals surface area (Å²) in [6, 6.07) is -0.827. The van der Waals surface area contributed by atoms with Gasteiger partial charge in [0.25, 0.3) is 0 Å². The van der Waals surface area contributed by atoms with Gasteiger partial charge in [-0.2, -0.15) is 0 Å². The first-order valence-electron chi connectivity index (χ1n) is 25.3. The maximum Gasteiger partial charge on any atom is 0.305 e. The quantitative estimate of drug-likeness (QED) is 0.0197. The van der Waals surface area contributed by atoms with Crippen molar-refractivity contribution < 1.29 is 49.3 Å². The van der Waals surface area contributed by atoms with Gasteiger partial charge < -0.3 is 45.1 Å². The van der Waals surface area contributed by atoms with Crippen LogP contribution in [0.2, 0.25) is 0 Å². The molecule has 1 saturated heterocycles. The number of nitrogens with one attached hydrogen (secondary N) is 1. The van der Waals surface area contributed by atoms with Crippen molar-refractivity contribution in [3.05, 3.63) is 36.5 Å². The number of amides is 1. The van der Waals surface area contributed by atoms with Crippen molar-refractivity contribution in [2.75, 3.05) is 19.8 Å². The first-order valence-corrected chi connectivity index (χ1v) is 25.3. The molecule has 0 aliphatic carbocycles. The fourth-order valence-electron chi connectivity index (χ4n) is 7.60. The van der Waals surface area contributed by atoms with E-state index in [1.54, 1.807) is 6.08 Å². The van der Waals surface area contributed by atoms with E-state index in [2.05, 4.69) is 43.5 Å². The Morgan fingerprint density at radius 1 is 0.581 bits per heavy atom. The highest BCUT2D eigenvalue weighted by molar-refractivity contribution is 5.76. The van der Waals surface area contributed by atoms with Crippen LogP contribution in [0.15, 0.2) is 36.5 Å². The van der Waals surface area contributed by atoms with E-state index in [0.717, 1.165) is 96.3 Å².